The van der Waals surface area contributed by atoms with Crippen molar-refractivity contribution >= 4 is 23.1 Å². The van der Waals surface area contributed by atoms with Crippen LogP contribution in [0.1, 0.15) is 28.3 Å². The molecule has 0 saturated heterocycles. The minimum atomic E-state index is -4.55. The van der Waals surface area contributed by atoms with Gasteiger partial charge in [0.15, 0.2) is 0 Å². The molecule has 0 radical (unpaired) electrons. The SMILES string of the molecule is CNC(=O)SNC(=O)C(c1cc(C(F)(F)F)ccn1)c1ccccc1C. The van der Waals surface area contributed by atoms with Crippen LogP contribution in [0.15, 0.2) is 42.6 Å². The molecule has 1 unspecified atom stereocenters. The second-order valence-corrected chi connectivity index (χ2v) is 6.14. The number of pyridine rings is 1. The Morgan fingerprint density at radius 1 is 1.19 bits per heavy atom. The molecule has 26 heavy (non-hydrogen) atoms. The van der Waals surface area contributed by atoms with Gasteiger partial charge in [0.2, 0.25) is 5.91 Å². The van der Waals surface area contributed by atoms with Crippen LogP contribution in [0, 0.1) is 6.92 Å². The number of nitrogens with zero attached hydrogens (tertiary/aromatic N) is 1. The van der Waals surface area contributed by atoms with Crippen LogP contribution in [-0.2, 0) is 11.0 Å². The van der Waals surface area contributed by atoms with Crippen LogP contribution in [-0.4, -0.2) is 23.2 Å². The minimum absolute atomic E-state index is 0.0517. The van der Waals surface area contributed by atoms with E-state index in [1.54, 1.807) is 31.2 Å². The van der Waals surface area contributed by atoms with Gasteiger partial charge >= 0.3 is 6.18 Å². The molecule has 2 amide bonds. The summed E-state index contributed by atoms with van der Waals surface area (Å²) in [5, 5.41) is 1.82. The van der Waals surface area contributed by atoms with Crippen molar-refractivity contribution in [3.05, 3.63) is 65.0 Å². The molecule has 0 aliphatic heterocycles. The number of halogens is 3. The van der Waals surface area contributed by atoms with E-state index in [4.69, 9.17) is 0 Å². The fourth-order valence-corrected chi connectivity index (χ4v) is 2.75. The lowest BCUT2D eigenvalue weighted by Gasteiger charge is -2.19. The van der Waals surface area contributed by atoms with Crippen molar-refractivity contribution in [2.45, 2.75) is 19.0 Å². The number of nitrogens with one attached hydrogen (secondary N) is 2. The molecule has 138 valence electrons. The van der Waals surface area contributed by atoms with Crippen molar-refractivity contribution < 1.29 is 22.8 Å². The number of benzene rings is 1. The number of hydrogen-bond donors (Lipinski definition) is 2. The highest BCUT2D eigenvalue weighted by atomic mass is 32.2. The monoisotopic (exact) mass is 383 g/mol. The van der Waals surface area contributed by atoms with Gasteiger partial charge in [-0.1, -0.05) is 24.3 Å². The molecule has 1 atom stereocenters. The normalized spacial score (nSPS) is 12.3. The van der Waals surface area contributed by atoms with Crippen molar-refractivity contribution in [1.29, 1.82) is 0 Å². The Morgan fingerprint density at radius 3 is 2.50 bits per heavy atom. The van der Waals surface area contributed by atoms with E-state index in [0.717, 1.165) is 23.9 Å². The number of amides is 2. The van der Waals surface area contributed by atoms with Gasteiger partial charge in [-0.2, -0.15) is 13.2 Å². The molecule has 0 aliphatic carbocycles. The van der Waals surface area contributed by atoms with Crippen molar-refractivity contribution in [3.8, 4) is 0 Å². The maximum absolute atomic E-state index is 13.0. The Morgan fingerprint density at radius 2 is 1.88 bits per heavy atom. The number of carbonyl (C=O) groups is 2. The first-order valence-electron chi connectivity index (χ1n) is 7.51. The lowest BCUT2D eigenvalue weighted by molar-refractivity contribution is -0.137. The average Bonchev–Trinajstić information content (AvgIpc) is 2.61. The van der Waals surface area contributed by atoms with Gasteiger partial charge in [-0.3, -0.25) is 19.3 Å². The molecule has 1 heterocycles. The lowest BCUT2D eigenvalue weighted by atomic mass is 9.90. The highest BCUT2D eigenvalue weighted by Crippen LogP contribution is 2.33. The molecular formula is C17H16F3N3O2S. The fraction of sp³-hybridized carbons (Fsp3) is 0.235. The zero-order valence-corrected chi connectivity index (χ0v) is 14.7. The number of hydrogen-bond acceptors (Lipinski definition) is 4. The van der Waals surface area contributed by atoms with E-state index in [9.17, 15) is 22.8 Å². The van der Waals surface area contributed by atoms with Gasteiger partial charge in [-0.25, -0.2) is 0 Å². The van der Waals surface area contributed by atoms with Gasteiger partial charge in [-0.05, 0) is 30.2 Å². The average molecular weight is 383 g/mol. The van der Waals surface area contributed by atoms with Crippen molar-refractivity contribution in [2.24, 2.45) is 0 Å². The predicted molar refractivity (Wildman–Crippen MR) is 92.5 cm³/mol. The number of aryl methyl sites for hydroxylation is 1. The van der Waals surface area contributed by atoms with Crippen LogP contribution in [0.3, 0.4) is 0 Å². The van der Waals surface area contributed by atoms with Crippen molar-refractivity contribution in [2.75, 3.05) is 7.05 Å². The second kappa shape index (κ2) is 8.22. The van der Waals surface area contributed by atoms with Gasteiger partial charge in [0, 0.05) is 13.2 Å². The van der Waals surface area contributed by atoms with Gasteiger partial charge < -0.3 is 5.32 Å². The van der Waals surface area contributed by atoms with E-state index in [0.29, 0.717) is 17.5 Å². The standard InChI is InChI=1S/C17H16F3N3O2S/c1-10-5-3-4-6-12(10)14(15(24)23-26-16(25)21-2)13-9-11(7-8-22-13)17(18,19)20/h3-9,14H,1-2H3,(H,21,25)(H,23,24). The second-order valence-electron chi connectivity index (χ2n) is 5.36. The summed E-state index contributed by atoms with van der Waals surface area (Å²) >= 11 is 0.518. The Labute approximate surface area is 152 Å². The molecule has 0 spiro atoms. The van der Waals surface area contributed by atoms with Gasteiger partial charge in [0.05, 0.1) is 23.2 Å². The smallest absolute Gasteiger partial charge is 0.349 e. The summed E-state index contributed by atoms with van der Waals surface area (Å²) in [5.74, 6) is -1.73. The third-order valence-electron chi connectivity index (χ3n) is 3.61. The van der Waals surface area contributed by atoms with Crippen molar-refractivity contribution in [1.82, 2.24) is 15.0 Å². The zero-order valence-electron chi connectivity index (χ0n) is 13.9. The van der Waals surface area contributed by atoms with Gasteiger partial charge in [-0.15, -0.1) is 0 Å². The van der Waals surface area contributed by atoms with Crippen LogP contribution in [0.25, 0.3) is 0 Å². The Bertz CT molecular complexity index is 812. The third-order valence-corrected chi connectivity index (χ3v) is 4.31. The molecule has 0 saturated carbocycles. The first-order chi connectivity index (χ1) is 12.2. The molecule has 1 aromatic carbocycles. The van der Waals surface area contributed by atoms with Crippen LogP contribution < -0.4 is 10.0 Å². The largest absolute Gasteiger partial charge is 0.416 e. The quantitative estimate of drug-likeness (QED) is 0.794. The molecular weight excluding hydrogens is 367 g/mol. The summed E-state index contributed by atoms with van der Waals surface area (Å²) in [7, 11) is 1.40. The molecule has 2 aromatic rings. The lowest BCUT2D eigenvalue weighted by Crippen LogP contribution is -2.29. The molecule has 1 aromatic heterocycles. The van der Waals surface area contributed by atoms with Crippen LogP contribution in [0.2, 0.25) is 0 Å². The zero-order chi connectivity index (χ0) is 19.3. The van der Waals surface area contributed by atoms with Gasteiger partial charge in [0.1, 0.15) is 5.92 Å². The third kappa shape index (κ3) is 4.75. The predicted octanol–water partition coefficient (Wildman–Crippen LogP) is 3.64. The van der Waals surface area contributed by atoms with E-state index < -0.39 is 28.8 Å². The van der Waals surface area contributed by atoms with Gasteiger partial charge in [0.25, 0.3) is 5.24 Å². The van der Waals surface area contributed by atoms with E-state index in [1.807, 2.05) is 0 Å². The molecule has 5 nitrogen and oxygen atoms in total. The number of alkyl halides is 3. The molecule has 2 N–H and O–H groups in total. The summed E-state index contributed by atoms with van der Waals surface area (Å²) in [4.78, 5) is 28.0. The first kappa shape index (κ1) is 19.8. The van der Waals surface area contributed by atoms with E-state index in [1.165, 1.54) is 7.05 Å². The van der Waals surface area contributed by atoms with E-state index in [2.05, 4.69) is 15.0 Å². The van der Waals surface area contributed by atoms with Crippen molar-refractivity contribution in [3.63, 3.8) is 0 Å². The summed E-state index contributed by atoms with van der Waals surface area (Å²) in [6.45, 7) is 1.75. The minimum Gasteiger partial charge on any atom is -0.349 e. The van der Waals surface area contributed by atoms with Crippen LogP contribution >= 0.6 is 11.9 Å². The number of rotatable bonds is 3. The highest BCUT2D eigenvalue weighted by Gasteiger charge is 2.33. The fourth-order valence-electron chi connectivity index (χ4n) is 2.33. The summed E-state index contributed by atoms with van der Waals surface area (Å²) in [6.07, 6.45) is -3.54. The van der Waals surface area contributed by atoms with E-state index >= 15 is 0 Å². The Balaban J connectivity index is 2.46. The molecule has 0 aliphatic rings. The van der Waals surface area contributed by atoms with Crippen LogP contribution in [0.5, 0.6) is 0 Å². The van der Waals surface area contributed by atoms with E-state index in [-0.39, 0.29) is 5.69 Å². The number of carbonyl (C=O) groups excluding carboxylic acids is 2. The Hall–Kier alpha value is -2.55. The molecule has 9 heteroatoms. The number of aromatic nitrogens is 1. The summed E-state index contributed by atoms with van der Waals surface area (Å²) in [6, 6.07) is 8.52. The Kier molecular flexibility index (Phi) is 6.25. The molecule has 0 bridgehead atoms. The maximum atomic E-state index is 13.0. The maximum Gasteiger partial charge on any atom is 0.416 e. The molecule has 2 rings (SSSR count). The first-order valence-corrected chi connectivity index (χ1v) is 8.32. The summed E-state index contributed by atoms with van der Waals surface area (Å²) in [5.41, 5.74) is 0.281. The van der Waals surface area contributed by atoms with Crippen LogP contribution in [0.4, 0.5) is 18.0 Å². The molecule has 0 fully saturated rings. The summed E-state index contributed by atoms with van der Waals surface area (Å²) < 4.78 is 41.4. The highest BCUT2D eigenvalue weighted by molar-refractivity contribution is 8.12. The topological polar surface area (TPSA) is 71.1 Å².